The number of aromatic nitrogens is 2. The summed E-state index contributed by atoms with van der Waals surface area (Å²) in [5, 5.41) is 10.3. The van der Waals surface area contributed by atoms with Crippen molar-refractivity contribution in [2.24, 2.45) is 10.6 Å². The van der Waals surface area contributed by atoms with E-state index in [1.165, 1.54) is 7.05 Å². The molecule has 0 atom stereocenters. The number of hydrogen-bond donors (Lipinski definition) is 1. The van der Waals surface area contributed by atoms with E-state index in [2.05, 4.69) is 15.6 Å². The molecule has 0 fully saturated rings. The van der Waals surface area contributed by atoms with Gasteiger partial charge in [0.25, 0.3) is 0 Å². The van der Waals surface area contributed by atoms with E-state index in [-0.39, 0.29) is 5.41 Å². The molecule has 1 aromatic heterocycles. The summed E-state index contributed by atoms with van der Waals surface area (Å²) in [6.07, 6.45) is 2.95. The van der Waals surface area contributed by atoms with Gasteiger partial charge >= 0.3 is 6.09 Å². The third-order valence-electron chi connectivity index (χ3n) is 2.18. The molecular formula is C11H18N4O2. The molecule has 0 radical (unpaired) electrons. The molecule has 0 saturated heterocycles. The molecule has 1 aromatic rings. The van der Waals surface area contributed by atoms with Gasteiger partial charge in [-0.1, -0.05) is 25.9 Å². The second kappa shape index (κ2) is 5.47. The van der Waals surface area contributed by atoms with Crippen LogP contribution in [0.5, 0.6) is 0 Å². The minimum atomic E-state index is -0.577. The van der Waals surface area contributed by atoms with Crippen LogP contribution in [0, 0.1) is 5.41 Å². The first kappa shape index (κ1) is 13.2. The van der Waals surface area contributed by atoms with E-state index in [0.717, 1.165) is 5.71 Å². The van der Waals surface area contributed by atoms with Gasteiger partial charge in [0, 0.05) is 24.9 Å². The number of hydrogen-bond acceptors (Lipinski definition) is 4. The number of carbonyl (C=O) groups is 1. The van der Waals surface area contributed by atoms with Crippen LogP contribution in [-0.4, -0.2) is 28.6 Å². The highest BCUT2D eigenvalue weighted by atomic mass is 16.7. The normalized spacial score (nSPS) is 12.4. The van der Waals surface area contributed by atoms with Crippen molar-refractivity contribution in [1.82, 2.24) is 15.1 Å². The molecular weight excluding hydrogens is 220 g/mol. The van der Waals surface area contributed by atoms with Crippen LogP contribution in [-0.2, 0) is 11.4 Å². The number of rotatable bonds is 3. The molecule has 0 aliphatic rings. The molecule has 1 rings (SSSR count). The number of carbonyl (C=O) groups excluding carboxylic acids is 1. The summed E-state index contributed by atoms with van der Waals surface area (Å²) in [6, 6.07) is 1.83. The second-order valence-electron chi connectivity index (χ2n) is 4.62. The minimum Gasteiger partial charge on any atom is -0.323 e. The standard InChI is InChI=1S/C11H18N4O2/c1-11(2,3)9(14-17-10(16)12-4)8-15-7-5-6-13-15/h5-7H,8H2,1-4H3,(H,12,16). The van der Waals surface area contributed by atoms with Gasteiger partial charge in [-0.25, -0.2) is 4.79 Å². The van der Waals surface area contributed by atoms with Gasteiger partial charge in [-0.3, -0.25) is 9.52 Å². The lowest BCUT2D eigenvalue weighted by Gasteiger charge is -2.20. The van der Waals surface area contributed by atoms with E-state index < -0.39 is 6.09 Å². The fourth-order valence-corrected chi connectivity index (χ4v) is 1.09. The van der Waals surface area contributed by atoms with Crippen LogP contribution in [0.3, 0.4) is 0 Å². The average Bonchev–Trinajstić information content (AvgIpc) is 2.74. The van der Waals surface area contributed by atoms with Crippen LogP contribution >= 0.6 is 0 Å². The van der Waals surface area contributed by atoms with Crippen LogP contribution in [0.4, 0.5) is 4.79 Å². The van der Waals surface area contributed by atoms with Crippen LogP contribution in [0.25, 0.3) is 0 Å². The summed E-state index contributed by atoms with van der Waals surface area (Å²) < 4.78 is 1.73. The van der Waals surface area contributed by atoms with Crippen molar-refractivity contribution in [3.05, 3.63) is 18.5 Å². The lowest BCUT2D eigenvalue weighted by atomic mass is 9.90. The Balaban J connectivity index is 2.78. The Morgan fingerprint density at radius 2 is 2.24 bits per heavy atom. The molecule has 1 amide bonds. The third-order valence-corrected chi connectivity index (χ3v) is 2.18. The molecule has 0 saturated carbocycles. The first-order valence-electron chi connectivity index (χ1n) is 5.37. The zero-order valence-electron chi connectivity index (χ0n) is 10.6. The predicted octanol–water partition coefficient (Wildman–Crippen LogP) is 1.64. The van der Waals surface area contributed by atoms with E-state index in [1.807, 2.05) is 33.0 Å². The first-order valence-corrected chi connectivity index (χ1v) is 5.37. The predicted molar refractivity (Wildman–Crippen MR) is 64.7 cm³/mol. The van der Waals surface area contributed by atoms with Gasteiger partial charge < -0.3 is 5.32 Å². The maximum absolute atomic E-state index is 11.0. The second-order valence-corrected chi connectivity index (χ2v) is 4.62. The van der Waals surface area contributed by atoms with Crippen molar-refractivity contribution in [3.63, 3.8) is 0 Å². The van der Waals surface area contributed by atoms with E-state index in [9.17, 15) is 4.79 Å². The molecule has 94 valence electrons. The van der Waals surface area contributed by atoms with E-state index in [4.69, 9.17) is 4.84 Å². The van der Waals surface area contributed by atoms with Crippen LogP contribution in [0.2, 0.25) is 0 Å². The highest BCUT2D eigenvalue weighted by molar-refractivity contribution is 5.89. The molecule has 1 N–H and O–H groups in total. The van der Waals surface area contributed by atoms with Crippen LogP contribution in [0.1, 0.15) is 20.8 Å². The smallest absolute Gasteiger partial charge is 0.323 e. The molecule has 0 bridgehead atoms. The van der Waals surface area contributed by atoms with Crippen molar-refractivity contribution in [3.8, 4) is 0 Å². The lowest BCUT2D eigenvalue weighted by molar-refractivity contribution is 0.151. The first-order chi connectivity index (χ1) is 7.93. The number of nitrogens with zero attached hydrogens (tertiary/aromatic N) is 3. The Morgan fingerprint density at radius 3 is 2.71 bits per heavy atom. The van der Waals surface area contributed by atoms with Gasteiger partial charge in [0.2, 0.25) is 0 Å². The zero-order valence-corrected chi connectivity index (χ0v) is 10.6. The molecule has 6 heteroatoms. The summed E-state index contributed by atoms with van der Waals surface area (Å²) in [4.78, 5) is 15.7. The molecule has 0 aliphatic carbocycles. The molecule has 6 nitrogen and oxygen atoms in total. The van der Waals surface area contributed by atoms with E-state index in [0.29, 0.717) is 6.54 Å². The van der Waals surface area contributed by atoms with Crippen LogP contribution in [0.15, 0.2) is 23.6 Å². The summed E-state index contributed by atoms with van der Waals surface area (Å²) in [6.45, 7) is 6.50. The van der Waals surface area contributed by atoms with Gasteiger partial charge in [-0.05, 0) is 6.07 Å². The number of nitrogens with one attached hydrogen (secondary N) is 1. The van der Waals surface area contributed by atoms with Gasteiger partial charge in [0.1, 0.15) is 0 Å². The summed E-state index contributed by atoms with van der Waals surface area (Å²) >= 11 is 0. The Bertz CT molecular complexity index is 390. The molecule has 0 unspecified atom stereocenters. The summed E-state index contributed by atoms with van der Waals surface area (Å²) in [5.74, 6) is 0. The van der Waals surface area contributed by atoms with Crippen molar-refractivity contribution in [2.45, 2.75) is 27.3 Å². The highest BCUT2D eigenvalue weighted by Crippen LogP contribution is 2.17. The zero-order chi connectivity index (χ0) is 12.9. The molecule has 1 heterocycles. The van der Waals surface area contributed by atoms with E-state index in [1.54, 1.807) is 10.9 Å². The quantitative estimate of drug-likeness (QED) is 0.494. The lowest BCUT2D eigenvalue weighted by Crippen LogP contribution is -2.27. The van der Waals surface area contributed by atoms with Gasteiger partial charge in [-0.15, -0.1) is 0 Å². The van der Waals surface area contributed by atoms with Gasteiger partial charge in [-0.2, -0.15) is 5.10 Å². The van der Waals surface area contributed by atoms with Crippen molar-refractivity contribution in [1.29, 1.82) is 0 Å². The monoisotopic (exact) mass is 238 g/mol. The number of oxime groups is 1. The highest BCUT2D eigenvalue weighted by Gasteiger charge is 2.21. The largest absolute Gasteiger partial charge is 0.433 e. The Labute approximate surface area is 101 Å². The molecule has 17 heavy (non-hydrogen) atoms. The van der Waals surface area contributed by atoms with Gasteiger partial charge in [0.05, 0.1) is 12.3 Å². The Hall–Kier alpha value is -1.85. The molecule has 0 aliphatic heterocycles. The summed E-state index contributed by atoms with van der Waals surface area (Å²) in [5.41, 5.74) is 0.546. The topological polar surface area (TPSA) is 68.5 Å². The Morgan fingerprint density at radius 1 is 1.53 bits per heavy atom. The average molecular weight is 238 g/mol. The summed E-state index contributed by atoms with van der Waals surface area (Å²) in [7, 11) is 1.49. The maximum Gasteiger partial charge on any atom is 0.433 e. The Kier molecular flexibility index (Phi) is 4.25. The van der Waals surface area contributed by atoms with Crippen molar-refractivity contribution in [2.75, 3.05) is 7.05 Å². The maximum atomic E-state index is 11.0. The fourth-order valence-electron chi connectivity index (χ4n) is 1.09. The van der Waals surface area contributed by atoms with Gasteiger partial charge in [0.15, 0.2) is 0 Å². The molecule has 0 spiro atoms. The van der Waals surface area contributed by atoms with Crippen molar-refractivity contribution >= 4 is 11.8 Å². The van der Waals surface area contributed by atoms with Crippen molar-refractivity contribution < 1.29 is 9.63 Å². The molecule has 0 aromatic carbocycles. The van der Waals surface area contributed by atoms with E-state index >= 15 is 0 Å². The van der Waals surface area contributed by atoms with Crippen LogP contribution < -0.4 is 5.32 Å². The number of amides is 1. The minimum absolute atomic E-state index is 0.194. The third kappa shape index (κ3) is 4.26. The fraction of sp³-hybridized carbons (Fsp3) is 0.545. The SMILES string of the molecule is CNC(=O)ON=C(Cn1cccn1)C(C)(C)C.